The zero-order valence-corrected chi connectivity index (χ0v) is 13.8. The number of hydrogen-bond donors (Lipinski definition) is 0. The van der Waals surface area contributed by atoms with Gasteiger partial charge in [0.2, 0.25) is 0 Å². The minimum atomic E-state index is -4.44. The fraction of sp³-hybridized carbons (Fsp3) is 0.471. The van der Waals surface area contributed by atoms with Crippen molar-refractivity contribution in [1.82, 2.24) is 19.9 Å². The average Bonchev–Trinajstić information content (AvgIpc) is 3.25. The summed E-state index contributed by atoms with van der Waals surface area (Å²) in [5.74, 6) is 0.693. The first-order valence-corrected chi connectivity index (χ1v) is 8.39. The van der Waals surface area contributed by atoms with Crippen LogP contribution in [0.4, 0.5) is 13.2 Å². The molecule has 26 heavy (non-hydrogen) atoms. The highest BCUT2D eigenvalue weighted by Gasteiger charge is 2.38. The van der Waals surface area contributed by atoms with E-state index in [2.05, 4.69) is 10.3 Å². The predicted octanol–water partition coefficient (Wildman–Crippen LogP) is 2.39. The molecule has 0 radical (unpaired) electrons. The molecule has 9 heteroatoms. The molecule has 2 aliphatic heterocycles. The van der Waals surface area contributed by atoms with E-state index >= 15 is 0 Å². The van der Waals surface area contributed by atoms with Crippen LogP contribution in [0.25, 0.3) is 5.69 Å². The van der Waals surface area contributed by atoms with Crippen molar-refractivity contribution in [3.8, 4) is 5.69 Å². The SMILES string of the molecule is O=C(c1cn(-c2cccc(C(F)(F)F)c2)nn1)N1CC(C2CCOC2)C1. The summed E-state index contributed by atoms with van der Waals surface area (Å²) in [4.78, 5) is 14.1. The predicted molar refractivity (Wildman–Crippen MR) is 84.7 cm³/mol. The zero-order valence-electron chi connectivity index (χ0n) is 13.8. The summed E-state index contributed by atoms with van der Waals surface area (Å²) in [5.41, 5.74) is -0.442. The van der Waals surface area contributed by atoms with E-state index in [0.29, 0.717) is 24.9 Å². The molecular weight excluding hydrogens is 349 g/mol. The largest absolute Gasteiger partial charge is 0.416 e. The molecule has 0 bridgehead atoms. The molecule has 6 nitrogen and oxygen atoms in total. The lowest BCUT2D eigenvalue weighted by Gasteiger charge is -2.41. The molecule has 4 rings (SSSR count). The van der Waals surface area contributed by atoms with Gasteiger partial charge in [-0.2, -0.15) is 13.2 Å². The number of aromatic nitrogens is 3. The number of halogens is 3. The second-order valence-corrected chi connectivity index (χ2v) is 6.69. The molecule has 0 N–H and O–H groups in total. The van der Waals surface area contributed by atoms with Gasteiger partial charge in [0, 0.05) is 26.3 Å². The van der Waals surface area contributed by atoms with Crippen LogP contribution in [0.5, 0.6) is 0 Å². The van der Waals surface area contributed by atoms with E-state index in [-0.39, 0.29) is 17.3 Å². The summed E-state index contributed by atoms with van der Waals surface area (Å²) in [6.07, 6.45) is -2.05. The Hall–Kier alpha value is -2.42. The molecule has 138 valence electrons. The summed E-state index contributed by atoms with van der Waals surface area (Å²) in [6.45, 7) is 2.84. The monoisotopic (exact) mass is 366 g/mol. The van der Waals surface area contributed by atoms with Crippen molar-refractivity contribution in [1.29, 1.82) is 0 Å². The van der Waals surface area contributed by atoms with Gasteiger partial charge in [0.05, 0.1) is 17.4 Å². The second-order valence-electron chi connectivity index (χ2n) is 6.69. The number of rotatable bonds is 3. The molecular formula is C17H17F3N4O2. The van der Waals surface area contributed by atoms with E-state index in [1.807, 2.05) is 0 Å². The van der Waals surface area contributed by atoms with Crippen molar-refractivity contribution >= 4 is 5.91 Å². The Kier molecular flexibility index (Phi) is 4.18. The average molecular weight is 366 g/mol. The zero-order chi connectivity index (χ0) is 18.3. The van der Waals surface area contributed by atoms with Gasteiger partial charge in [-0.15, -0.1) is 5.10 Å². The lowest BCUT2D eigenvalue weighted by Crippen LogP contribution is -2.52. The molecule has 2 saturated heterocycles. The number of nitrogens with zero attached hydrogens (tertiary/aromatic N) is 4. The van der Waals surface area contributed by atoms with Crippen LogP contribution >= 0.6 is 0 Å². The normalized spacial score (nSPS) is 21.0. The molecule has 0 aliphatic carbocycles. The number of ether oxygens (including phenoxy) is 1. The van der Waals surface area contributed by atoms with Gasteiger partial charge in [0.1, 0.15) is 0 Å². The summed E-state index contributed by atoms with van der Waals surface area (Å²) in [5, 5.41) is 7.63. The molecule has 1 atom stereocenters. The number of benzene rings is 1. The molecule has 0 saturated carbocycles. The van der Waals surface area contributed by atoms with Crippen LogP contribution in [0, 0.1) is 11.8 Å². The number of carbonyl (C=O) groups is 1. The molecule has 2 aliphatic rings. The van der Waals surface area contributed by atoms with Crippen molar-refractivity contribution in [3.05, 3.63) is 41.7 Å². The second kappa shape index (κ2) is 6.39. The van der Waals surface area contributed by atoms with Gasteiger partial charge < -0.3 is 9.64 Å². The Morgan fingerprint density at radius 1 is 1.23 bits per heavy atom. The van der Waals surface area contributed by atoms with Crippen LogP contribution < -0.4 is 0 Å². The molecule has 1 unspecified atom stereocenters. The van der Waals surface area contributed by atoms with Gasteiger partial charge in [-0.25, -0.2) is 4.68 Å². The van der Waals surface area contributed by atoms with Gasteiger partial charge in [0.15, 0.2) is 5.69 Å². The van der Waals surface area contributed by atoms with Gasteiger partial charge in [-0.05, 0) is 36.5 Å². The number of hydrogen-bond acceptors (Lipinski definition) is 4. The number of carbonyl (C=O) groups excluding carboxylic acids is 1. The Balaban J connectivity index is 1.44. The third kappa shape index (κ3) is 3.18. The quantitative estimate of drug-likeness (QED) is 0.837. The topological polar surface area (TPSA) is 60.2 Å². The first-order valence-electron chi connectivity index (χ1n) is 8.39. The van der Waals surface area contributed by atoms with E-state index < -0.39 is 11.7 Å². The maximum Gasteiger partial charge on any atom is 0.416 e. The van der Waals surface area contributed by atoms with Crippen molar-refractivity contribution in [3.63, 3.8) is 0 Å². The molecule has 2 aromatic rings. The third-order valence-corrected chi connectivity index (χ3v) is 4.98. The highest BCUT2D eigenvalue weighted by Crippen LogP contribution is 2.31. The minimum absolute atomic E-state index is 0.128. The molecule has 1 aromatic heterocycles. The Bertz CT molecular complexity index is 808. The van der Waals surface area contributed by atoms with E-state index in [1.165, 1.54) is 23.0 Å². The highest BCUT2D eigenvalue weighted by molar-refractivity contribution is 5.92. The van der Waals surface area contributed by atoms with Gasteiger partial charge in [0.25, 0.3) is 5.91 Å². The van der Waals surface area contributed by atoms with Crippen molar-refractivity contribution in [2.75, 3.05) is 26.3 Å². The van der Waals surface area contributed by atoms with Crippen LogP contribution in [-0.4, -0.2) is 52.1 Å². The fourth-order valence-electron chi connectivity index (χ4n) is 3.38. The summed E-state index contributed by atoms with van der Waals surface area (Å²) in [6, 6.07) is 4.74. The Morgan fingerprint density at radius 2 is 2.04 bits per heavy atom. The Morgan fingerprint density at radius 3 is 2.73 bits per heavy atom. The first kappa shape index (κ1) is 17.0. The summed E-state index contributed by atoms with van der Waals surface area (Å²) in [7, 11) is 0. The van der Waals surface area contributed by atoms with E-state index in [1.54, 1.807) is 4.90 Å². The number of likely N-dealkylation sites (tertiary alicyclic amines) is 1. The third-order valence-electron chi connectivity index (χ3n) is 4.98. The smallest absolute Gasteiger partial charge is 0.381 e. The van der Waals surface area contributed by atoms with Crippen molar-refractivity contribution in [2.45, 2.75) is 12.6 Å². The van der Waals surface area contributed by atoms with Gasteiger partial charge in [-0.1, -0.05) is 11.3 Å². The lowest BCUT2D eigenvalue weighted by atomic mass is 9.85. The van der Waals surface area contributed by atoms with Crippen LogP contribution in [0.15, 0.2) is 30.5 Å². The molecule has 1 aromatic carbocycles. The minimum Gasteiger partial charge on any atom is -0.381 e. The van der Waals surface area contributed by atoms with E-state index in [9.17, 15) is 18.0 Å². The standard InChI is InChI=1S/C17H17F3N4O2/c18-17(19,20)13-2-1-3-14(6-13)24-9-15(21-22-24)16(25)23-7-12(8-23)11-4-5-26-10-11/h1-3,6,9,11-12H,4-5,7-8,10H2. The van der Waals surface area contributed by atoms with Crippen molar-refractivity contribution < 1.29 is 22.7 Å². The van der Waals surface area contributed by atoms with E-state index in [4.69, 9.17) is 4.74 Å². The van der Waals surface area contributed by atoms with Crippen LogP contribution in [0.1, 0.15) is 22.5 Å². The van der Waals surface area contributed by atoms with E-state index in [0.717, 1.165) is 31.8 Å². The maximum absolute atomic E-state index is 12.8. The molecule has 1 amide bonds. The molecule has 3 heterocycles. The first-order chi connectivity index (χ1) is 12.4. The molecule has 0 spiro atoms. The number of alkyl halides is 3. The van der Waals surface area contributed by atoms with Gasteiger partial charge >= 0.3 is 6.18 Å². The van der Waals surface area contributed by atoms with Crippen molar-refractivity contribution in [2.24, 2.45) is 11.8 Å². The summed E-state index contributed by atoms with van der Waals surface area (Å²) >= 11 is 0. The fourth-order valence-corrected chi connectivity index (χ4v) is 3.38. The maximum atomic E-state index is 12.8. The van der Waals surface area contributed by atoms with Crippen LogP contribution in [-0.2, 0) is 10.9 Å². The van der Waals surface area contributed by atoms with Gasteiger partial charge in [-0.3, -0.25) is 4.79 Å². The van der Waals surface area contributed by atoms with Crippen LogP contribution in [0.3, 0.4) is 0 Å². The number of amides is 1. The molecule has 2 fully saturated rings. The Labute approximate surface area is 147 Å². The summed E-state index contributed by atoms with van der Waals surface area (Å²) < 4.78 is 45.0. The van der Waals surface area contributed by atoms with Crippen LogP contribution in [0.2, 0.25) is 0 Å². The lowest BCUT2D eigenvalue weighted by molar-refractivity contribution is -0.137. The highest BCUT2D eigenvalue weighted by atomic mass is 19.4.